The largest absolute Gasteiger partial charge is 0.465 e. The first-order chi connectivity index (χ1) is 36.7. The van der Waals surface area contributed by atoms with Gasteiger partial charge in [-0.1, -0.05) is 214 Å². The molecule has 442 valence electrons. The van der Waals surface area contributed by atoms with Crippen molar-refractivity contribution in [1.82, 2.24) is 14.7 Å². The SMILES string of the molecule is CCCCC/C=C\CCOC(=O)CCN(CCCN(C)CCCN(CCC(=O)OCCSSCCCCCCCC)CCC(=O)OCCSSCCCCCCCC)CCC(=O)OCCSSCCCCCCCC. The fourth-order valence-electron chi connectivity index (χ4n) is 7.93. The topological polar surface area (TPSA) is 115 Å². The van der Waals surface area contributed by atoms with Crippen LogP contribution in [0.2, 0.25) is 0 Å². The van der Waals surface area contributed by atoms with Gasteiger partial charge in [0.25, 0.3) is 0 Å². The molecular formula is C58H111N3O8S6. The van der Waals surface area contributed by atoms with Crippen molar-refractivity contribution >= 4 is 88.6 Å². The first-order valence-corrected chi connectivity index (χ1v) is 37.4. The number of hydrogen-bond donors (Lipinski definition) is 0. The van der Waals surface area contributed by atoms with E-state index in [9.17, 15) is 19.2 Å². The van der Waals surface area contributed by atoms with E-state index in [1.54, 1.807) is 32.4 Å². The van der Waals surface area contributed by atoms with Crippen LogP contribution in [0.25, 0.3) is 0 Å². The van der Waals surface area contributed by atoms with E-state index < -0.39 is 0 Å². The number of allylic oxidation sites excluding steroid dienone is 1. The van der Waals surface area contributed by atoms with Crippen LogP contribution in [0, 0.1) is 0 Å². The highest BCUT2D eigenvalue weighted by atomic mass is 33.1. The molecule has 0 saturated heterocycles. The van der Waals surface area contributed by atoms with Crippen LogP contribution in [0.4, 0.5) is 0 Å². The molecule has 0 aliphatic heterocycles. The van der Waals surface area contributed by atoms with Crippen LogP contribution in [0.1, 0.15) is 214 Å². The Labute approximate surface area is 484 Å². The maximum Gasteiger partial charge on any atom is 0.307 e. The van der Waals surface area contributed by atoms with Crippen LogP contribution in [-0.4, -0.2) is 159 Å². The molecule has 0 radical (unpaired) electrons. The van der Waals surface area contributed by atoms with Crippen molar-refractivity contribution in [3.63, 3.8) is 0 Å². The minimum Gasteiger partial charge on any atom is -0.465 e. The second-order valence-electron chi connectivity index (χ2n) is 19.6. The number of carbonyl (C=O) groups excluding carboxylic acids is 4. The summed E-state index contributed by atoms with van der Waals surface area (Å²) >= 11 is 0. The van der Waals surface area contributed by atoms with Crippen molar-refractivity contribution in [2.75, 3.05) is 120 Å². The Morgan fingerprint density at radius 2 is 0.613 bits per heavy atom. The second-order valence-corrected chi connectivity index (χ2v) is 27.7. The predicted octanol–water partition coefficient (Wildman–Crippen LogP) is 15.8. The van der Waals surface area contributed by atoms with E-state index in [4.69, 9.17) is 18.9 Å². The lowest BCUT2D eigenvalue weighted by Gasteiger charge is -2.25. The van der Waals surface area contributed by atoms with Crippen molar-refractivity contribution in [2.24, 2.45) is 0 Å². The van der Waals surface area contributed by atoms with E-state index in [1.165, 1.54) is 135 Å². The van der Waals surface area contributed by atoms with Crippen molar-refractivity contribution in [1.29, 1.82) is 0 Å². The molecule has 0 bridgehead atoms. The molecule has 17 heteroatoms. The van der Waals surface area contributed by atoms with Gasteiger partial charge in [-0.2, -0.15) is 0 Å². The number of unbranched alkanes of at least 4 members (excludes halogenated alkanes) is 18. The van der Waals surface area contributed by atoms with E-state index >= 15 is 0 Å². The summed E-state index contributed by atoms with van der Waals surface area (Å²) in [4.78, 5) is 57.8. The molecule has 0 aromatic carbocycles. The molecule has 75 heavy (non-hydrogen) atoms. The Morgan fingerprint density at radius 1 is 0.320 bits per heavy atom. The van der Waals surface area contributed by atoms with E-state index in [0.29, 0.717) is 52.6 Å². The molecule has 0 aliphatic rings. The number of nitrogens with zero attached hydrogens (tertiary/aromatic N) is 3. The van der Waals surface area contributed by atoms with E-state index in [0.717, 1.165) is 86.4 Å². The van der Waals surface area contributed by atoms with Gasteiger partial charge in [-0.3, -0.25) is 19.2 Å². The maximum absolute atomic E-state index is 12.8. The summed E-state index contributed by atoms with van der Waals surface area (Å²) in [6.07, 6.45) is 36.0. The van der Waals surface area contributed by atoms with Crippen LogP contribution in [0.5, 0.6) is 0 Å². The minimum absolute atomic E-state index is 0.194. The molecule has 0 fully saturated rings. The van der Waals surface area contributed by atoms with Crippen molar-refractivity contribution in [3.05, 3.63) is 12.2 Å². The van der Waals surface area contributed by atoms with Crippen molar-refractivity contribution in [2.45, 2.75) is 214 Å². The lowest BCUT2D eigenvalue weighted by atomic mass is 10.1. The van der Waals surface area contributed by atoms with Gasteiger partial charge >= 0.3 is 23.9 Å². The first kappa shape index (κ1) is 74.6. The Balaban J connectivity index is 5.04. The van der Waals surface area contributed by atoms with Crippen LogP contribution in [0.3, 0.4) is 0 Å². The van der Waals surface area contributed by atoms with E-state index in [1.807, 2.05) is 32.4 Å². The molecule has 11 nitrogen and oxygen atoms in total. The molecular weight excluding hydrogens is 1060 g/mol. The number of ether oxygens (including phenoxy) is 4. The molecule has 0 N–H and O–H groups in total. The summed E-state index contributed by atoms with van der Waals surface area (Å²) in [5.41, 5.74) is 0. The highest BCUT2D eigenvalue weighted by molar-refractivity contribution is 8.77. The normalized spacial score (nSPS) is 11.7. The van der Waals surface area contributed by atoms with Crippen LogP contribution >= 0.6 is 64.8 Å². The molecule has 0 aromatic heterocycles. The summed E-state index contributed by atoms with van der Waals surface area (Å²) in [5.74, 6) is 4.98. The van der Waals surface area contributed by atoms with Gasteiger partial charge in [0.1, 0.15) is 19.8 Å². The summed E-state index contributed by atoms with van der Waals surface area (Å²) in [6, 6.07) is 0. The standard InChI is InChI=1S/C58H111N3O8S6/c1-6-10-14-18-22-23-27-45-66-55(62)33-41-60(42-34-56(63)67-46-52-73-70-49-28-24-19-15-11-7-2)39-31-37-59(5)38-32-40-61(43-35-57(64)68-47-53-74-71-50-29-25-20-16-12-8-3)44-36-58(65)69-48-54-75-72-51-30-26-21-17-13-9-4/h22-23H,6-21,24-54H2,1-5H3/b23-22-. The molecule has 0 unspecified atom stereocenters. The molecule has 0 aliphatic carbocycles. The van der Waals surface area contributed by atoms with Crippen LogP contribution < -0.4 is 0 Å². The van der Waals surface area contributed by atoms with Gasteiger partial charge in [-0.15, -0.1) is 0 Å². The number of hydrogen-bond acceptors (Lipinski definition) is 17. The molecule has 0 amide bonds. The number of carbonyl (C=O) groups is 4. The average molecular weight is 1170 g/mol. The smallest absolute Gasteiger partial charge is 0.307 e. The van der Waals surface area contributed by atoms with Gasteiger partial charge in [-0.05, 0) is 84.6 Å². The van der Waals surface area contributed by atoms with Crippen molar-refractivity contribution in [3.8, 4) is 0 Å². The average Bonchev–Trinajstić information content (AvgIpc) is 3.40. The van der Waals surface area contributed by atoms with Gasteiger partial charge in [0, 0.05) is 60.7 Å². The zero-order valence-electron chi connectivity index (χ0n) is 48.4. The third-order valence-corrected chi connectivity index (χ3v) is 19.9. The lowest BCUT2D eigenvalue weighted by molar-refractivity contribution is -0.145. The quantitative estimate of drug-likeness (QED) is 0.0189. The van der Waals surface area contributed by atoms with Crippen LogP contribution in [0.15, 0.2) is 12.2 Å². The Hall–Kier alpha value is -0.400. The number of rotatable bonds is 60. The van der Waals surface area contributed by atoms with Gasteiger partial charge in [0.15, 0.2) is 0 Å². The molecule has 0 aromatic rings. The second kappa shape index (κ2) is 61.2. The number of esters is 4. The Bertz CT molecular complexity index is 1270. The van der Waals surface area contributed by atoms with Gasteiger partial charge < -0.3 is 33.6 Å². The Kier molecular flexibility index (Phi) is 60.9. The zero-order chi connectivity index (χ0) is 54.8. The van der Waals surface area contributed by atoms with E-state index in [2.05, 4.69) is 61.6 Å². The molecule has 0 saturated carbocycles. The van der Waals surface area contributed by atoms with E-state index in [-0.39, 0.29) is 49.6 Å². The van der Waals surface area contributed by atoms with Crippen LogP contribution in [-0.2, 0) is 38.1 Å². The predicted molar refractivity (Wildman–Crippen MR) is 335 cm³/mol. The fraction of sp³-hybridized carbons (Fsp3) is 0.897. The van der Waals surface area contributed by atoms with Crippen molar-refractivity contribution < 1.29 is 38.1 Å². The minimum atomic E-state index is -0.208. The highest BCUT2D eigenvalue weighted by Gasteiger charge is 2.15. The summed E-state index contributed by atoms with van der Waals surface area (Å²) in [5, 5.41) is 0. The molecule has 0 atom stereocenters. The third kappa shape index (κ3) is 58.1. The Morgan fingerprint density at radius 3 is 0.973 bits per heavy atom. The van der Waals surface area contributed by atoms with Gasteiger partial charge in [0.05, 0.1) is 32.3 Å². The summed E-state index contributed by atoms with van der Waals surface area (Å²) in [6.45, 7) is 15.9. The first-order valence-electron chi connectivity index (χ1n) is 29.9. The van der Waals surface area contributed by atoms with Gasteiger partial charge in [-0.25, -0.2) is 0 Å². The lowest BCUT2D eigenvalue weighted by Crippen LogP contribution is -2.34. The third-order valence-electron chi connectivity index (χ3n) is 12.5. The zero-order valence-corrected chi connectivity index (χ0v) is 53.3. The fourth-order valence-corrected chi connectivity index (χ4v) is 13.9. The molecule has 0 heterocycles. The highest BCUT2D eigenvalue weighted by Crippen LogP contribution is 2.25. The van der Waals surface area contributed by atoms with Gasteiger partial charge in [0.2, 0.25) is 0 Å². The monoisotopic (exact) mass is 1170 g/mol. The molecule has 0 spiro atoms. The maximum atomic E-state index is 12.8. The molecule has 0 rings (SSSR count). The summed E-state index contributed by atoms with van der Waals surface area (Å²) < 4.78 is 22.4. The summed E-state index contributed by atoms with van der Waals surface area (Å²) in [7, 11) is 13.1.